The maximum absolute atomic E-state index is 12.0. The van der Waals surface area contributed by atoms with Crippen molar-refractivity contribution in [3.63, 3.8) is 0 Å². The maximum Gasteiger partial charge on any atom is 0.412 e. The average molecular weight is 327 g/mol. The largest absolute Gasteiger partial charge is 0.412 e. The minimum Gasteiger partial charge on any atom is -0.410 e. The molecule has 0 aliphatic heterocycles. The van der Waals surface area contributed by atoms with Crippen molar-refractivity contribution in [1.29, 1.82) is 0 Å². The molecule has 0 aliphatic carbocycles. The lowest BCUT2D eigenvalue weighted by Gasteiger charge is -2.12. The predicted octanol–water partition coefficient (Wildman–Crippen LogP) is 2.27. The zero-order valence-electron chi connectivity index (χ0n) is 13.8. The summed E-state index contributed by atoms with van der Waals surface area (Å²) in [7, 11) is 3.88. The van der Waals surface area contributed by atoms with Gasteiger partial charge in [0.2, 0.25) is 0 Å². The number of carbonyl (C=O) groups is 2. The summed E-state index contributed by atoms with van der Waals surface area (Å²) in [5.41, 5.74) is 1.60. The Bertz CT molecular complexity index is 670. The van der Waals surface area contributed by atoms with Crippen LogP contribution in [0.15, 0.2) is 54.6 Å². The summed E-state index contributed by atoms with van der Waals surface area (Å²) in [4.78, 5) is 25.5. The third kappa shape index (κ3) is 5.31. The van der Waals surface area contributed by atoms with Gasteiger partial charge in [0.15, 0.2) is 0 Å². The number of nitrogens with zero attached hydrogens (tertiary/aromatic N) is 1. The van der Waals surface area contributed by atoms with E-state index in [-0.39, 0.29) is 12.5 Å². The molecule has 0 unspecified atom stereocenters. The number of carbonyl (C=O) groups excluding carboxylic acids is 2. The summed E-state index contributed by atoms with van der Waals surface area (Å²) >= 11 is 0. The van der Waals surface area contributed by atoms with Crippen molar-refractivity contribution in [2.75, 3.05) is 32.1 Å². The van der Waals surface area contributed by atoms with Crippen LogP contribution in [0.2, 0.25) is 0 Å². The highest BCUT2D eigenvalue weighted by molar-refractivity contribution is 5.94. The first kappa shape index (κ1) is 17.3. The van der Waals surface area contributed by atoms with Gasteiger partial charge in [-0.25, -0.2) is 4.79 Å². The van der Waals surface area contributed by atoms with E-state index in [0.29, 0.717) is 17.9 Å². The molecule has 0 saturated heterocycles. The number of hydrogen-bond donors (Lipinski definition) is 2. The monoisotopic (exact) mass is 327 g/mol. The van der Waals surface area contributed by atoms with Crippen LogP contribution in [-0.4, -0.2) is 39.2 Å². The molecule has 0 aliphatic rings. The summed E-state index contributed by atoms with van der Waals surface area (Å²) in [6.45, 7) is 0.603. The first-order valence-electron chi connectivity index (χ1n) is 7.62. The van der Waals surface area contributed by atoms with Gasteiger partial charge in [-0.1, -0.05) is 18.2 Å². The molecule has 24 heavy (non-hydrogen) atoms. The first-order valence-corrected chi connectivity index (χ1v) is 7.62. The molecule has 126 valence electrons. The fraction of sp³-hybridized carbons (Fsp3) is 0.222. The van der Waals surface area contributed by atoms with E-state index in [1.165, 1.54) is 0 Å². The molecule has 0 bridgehead atoms. The Morgan fingerprint density at radius 1 is 0.917 bits per heavy atom. The van der Waals surface area contributed by atoms with Crippen molar-refractivity contribution < 1.29 is 14.3 Å². The minimum atomic E-state index is -0.550. The molecule has 0 heterocycles. The van der Waals surface area contributed by atoms with Crippen LogP contribution in [-0.2, 0) is 0 Å². The lowest BCUT2D eigenvalue weighted by atomic mass is 10.2. The van der Waals surface area contributed by atoms with E-state index in [1.807, 2.05) is 37.2 Å². The van der Waals surface area contributed by atoms with Gasteiger partial charge in [0.05, 0.1) is 0 Å². The average Bonchev–Trinajstić information content (AvgIpc) is 2.59. The molecule has 6 heteroatoms. The highest BCUT2D eigenvalue weighted by Gasteiger charge is 2.06. The third-order valence-electron chi connectivity index (χ3n) is 3.28. The van der Waals surface area contributed by atoms with Gasteiger partial charge in [0.25, 0.3) is 5.91 Å². The van der Waals surface area contributed by atoms with Crippen LogP contribution < -0.4 is 20.3 Å². The van der Waals surface area contributed by atoms with Crippen LogP contribution in [0.25, 0.3) is 0 Å². The van der Waals surface area contributed by atoms with Crippen LogP contribution in [0, 0.1) is 0 Å². The van der Waals surface area contributed by atoms with Gasteiger partial charge in [-0.05, 0) is 36.4 Å². The lowest BCUT2D eigenvalue weighted by molar-refractivity contribution is 0.0953. The fourth-order valence-corrected chi connectivity index (χ4v) is 1.99. The van der Waals surface area contributed by atoms with Gasteiger partial charge in [-0.2, -0.15) is 0 Å². The molecule has 2 aromatic rings. The number of ether oxygens (including phenoxy) is 1. The minimum absolute atomic E-state index is 0.182. The van der Waals surface area contributed by atoms with Gasteiger partial charge in [-0.15, -0.1) is 0 Å². The van der Waals surface area contributed by atoms with Gasteiger partial charge >= 0.3 is 6.09 Å². The molecular formula is C18H21N3O3. The predicted molar refractivity (Wildman–Crippen MR) is 93.6 cm³/mol. The number of anilines is 1. The second kappa shape index (κ2) is 8.57. The second-order valence-electron chi connectivity index (χ2n) is 5.33. The molecule has 0 saturated carbocycles. The molecule has 0 spiro atoms. The van der Waals surface area contributed by atoms with Crippen LogP contribution in [0.5, 0.6) is 5.75 Å². The Labute approximate surface area is 141 Å². The Hall–Kier alpha value is -3.02. The van der Waals surface area contributed by atoms with Crippen molar-refractivity contribution in [2.45, 2.75) is 0 Å². The first-order chi connectivity index (χ1) is 11.6. The smallest absolute Gasteiger partial charge is 0.410 e. The van der Waals surface area contributed by atoms with E-state index >= 15 is 0 Å². The van der Waals surface area contributed by atoms with Gasteiger partial charge < -0.3 is 20.3 Å². The summed E-state index contributed by atoms with van der Waals surface area (Å²) < 4.78 is 5.07. The third-order valence-corrected chi connectivity index (χ3v) is 3.28. The summed E-state index contributed by atoms with van der Waals surface area (Å²) in [6, 6.07) is 16.1. The molecule has 0 aromatic heterocycles. The van der Waals surface area contributed by atoms with E-state index in [2.05, 4.69) is 10.6 Å². The van der Waals surface area contributed by atoms with Gasteiger partial charge in [-0.3, -0.25) is 4.79 Å². The number of hydrogen-bond acceptors (Lipinski definition) is 4. The highest BCUT2D eigenvalue weighted by Crippen LogP contribution is 2.12. The summed E-state index contributed by atoms with van der Waals surface area (Å²) in [5, 5.41) is 5.32. The SMILES string of the molecule is CN(C)c1ccc(C(=O)NCCNC(=O)Oc2ccccc2)cc1. The zero-order valence-corrected chi connectivity index (χ0v) is 13.8. The van der Waals surface area contributed by atoms with Crippen LogP contribution in [0.1, 0.15) is 10.4 Å². The van der Waals surface area contributed by atoms with Gasteiger partial charge in [0.1, 0.15) is 5.75 Å². The topological polar surface area (TPSA) is 70.7 Å². The lowest BCUT2D eigenvalue weighted by Crippen LogP contribution is -2.36. The van der Waals surface area contributed by atoms with E-state index in [4.69, 9.17) is 4.74 Å². The standard InChI is InChI=1S/C18H21N3O3/c1-21(2)15-10-8-14(9-11-15)17(22)19-12-13-20-18(23)24-16-6-4-3-5-7-16/h3-11H,12-13H2,1-2H3,(H,19,22)(H,20,23). The number of nitrogens with one attached hydrogen (secondary N) is 2. The Morgan fingerprint density at radius 2 is 1.54 bits per heavy atom. The molecule has 0 radical (unpaired) electrons. The Morgan fingerprint density at radius 3 is 2.17 bits per heavy atom. The zero-order chi connectivity index (χ0) is 17.4. The van der Waals surface area contributed by atoms with Crippen LogP contribution in [0.3, 0.4) is 0 Å². The number of amides is 2. The van der Waals surface area contributed by atoms with Crippen molar-refractivity contribution in [1.82, 2.24) is 10.6 Å². The number of rotatable bonds is 6. The highest BCUT2D eigenvalue weighted by atomic mass is 16.6. The summed E-state index contributed by atoms with van der Waals surface area (Å²) in [5.74, 6) is 0.290. The van der Waals surface area contributed by atoms with Crippen LogP contribution in [0.4, 0.5) is 10.5 Å². The number of benzene rings is 2. The maximum atomic E-state index is 12.0. The van der Waals surface area contributed by atoms with E-state index in [1.54, 1.807) is 36.4 Å². The molecule has 0 atom stereocenters. The molecule has 2 amide bonds. The molecule has 0 fully saturated rings. The van der Waals surface area contributed by atoms with E-state index in [0.717, 1.165) is 5.69 Å². The van der Waals surface area contributed by atoms with Crippen molar-refractivity contribution in [3.05, 3.63) is 60.2 Å². The van der Waals surface area contributed by atoms with Crippen LogP contribution >= 0.6 is 0 Å². The fourth-order valence-electron chi connectivity index (χ4n) is 1.99. The second-order valence-corrected chi connectivity index (χ2v) is 5.33. The van der Waals surface area contributed by atoms with E-state index in [9.17, 15) is 9.59 Å². The van der Waals surface area contributed by atoms with Crippen molar-refractivity contribution in [3.8, 4) is 5.75 Å². The normalized spacial score (nSPS) is 9.92. The number of para-hydroxylation sites is 1. The quantitative estimate of drug-likeness (QED) is 0.799. The summed E-state index contributed by atoms with van der Waals surface area (Å²) in [6.07, 6.45) is -0.550. The Kier molecular flexibility index (Phi) is 6.19. The molecule has 2 aromatic carbocycles. The molecule has 6 nitrogen and oxygen atoms in total. The van der Waals surface area contributed by atoms with Crippen molar-refractivity contribution >= 4 is 17.7 Å². The molecule has 2 rings (SSSR count). The van der Waals surface area contributed by atoms with E-state index < -0.39 is 6.09 Å². The van der Waals surface area contributed by atoms with Crippen molar-refractivity contribution in [2.24, 2.45) is 0 Å². The molecule has 2 N–H and O–H groups in total. The molecular weight excluding hydrogens is 306 g/mol. The van der Waals surface area contributed by atoms with Gasteiger partial charge in [0, 0.05) is 38.4 Å². The Balaban J connectivity index is 1.70.